The summed E-state index contributed by atoms with van der Waals surface area (Å²) in [4.78, 5) is 58.0. The number of carbonyl (C=O) groups is 5. The Morgan fingerprint density at radius 1 is 0.963 bits per heavy atom. The van der Waals surface area contributed by atoms with E-state index in [2.05, 4.69) is 16.0 Å². The van der Waals surface area contributed by atoms with Gasteiger partial charge in [-0.25, -0.2) is 0 Å². The molecule has 0 spiro atoms. The summed E-state index contributed by atoms with van der Waals surface area (Å²) in [5.74, 6) is -4.80. The van der Waals surface area contributed by atoms with Crippen molar-refractivity contribution in [1.82, 2.24) is 16.0 Å². The maximum Gasteiger partial charge on any atom is 0.325 e. The molecule has 11 heteroatoms. The minimum atomic E-state index is -1.23. The highest BCUT2D eigenvalue weighted by Crippen LogP contribution is 2.10. The molecule has 0 rings (SSSR count). The predicted octanol–water partition coefficient (Wildman–Crippen LogP) is -1.59. The van der Waals surface area contributed by atoms with Gasteiger partial charge in [0.1, 0.15) is 18.1 Å². The number of nitrogens with two attached hydrogens (primary N) is 1. The van der Waals surface area contributed by atoms with E-state index < -0.39 is 47.8 Å². The summed E-state index contributed by atoms with van der Waals surface area (Å²) in [6, 6.07) is -3.39. The summed E-state index contributed by atoms with van der Waals surface area (Å²) < 4.78 is 0. The molecule has 0 aliphatic heterocycles. The second kappa shape index (κ2) is 11.8. The molecule has 0 saturated heterocycles. The van der Waals surface area contributed by atoms with E-state index in [4.69, 9.17) is 15.9 Å². The van der Waals surface area contributed by atoms with Gasteiger partial charge in [-0.05, 0) is 19.3 Å². The predicted molar refractivity (Wildman–Crippen MR) is 94.5 cm³/mol. The highest BCUT2D eigenvalue weighted by atomic mass is 16.4. The van der Waals surface area contributed by atoms with Gasteiger partial charge in [-0.1, -0.05) is 20.3 Å². The molecule has 4 atom stereocenters. The van der Waals surface area contributed by atoms with Crippen LogP contribution >= 0.6 is 0 Å². The molecule has 7 N–H and O–H groups in total. The van der Waals surface area contributed by atoms with Crippen LogP contribution in [0.4, 0.5) is 0 Å². The van der Waals surface area contributed by atoms with Gasteiger partial charge in [0, 0.05) is 6.42 Å². The minimum Gasteiger partial charge on any atom is -0.481 e. The van der Waals surface area contributed by atoms with Crippen molar-refractivity contribution in [1.29, 1.82) is 0 Å². The third kappa shape index (κ3) is 8.99. The topological polar surface area (TPSA) is 188 Å². The van der Waals surface area contributed by atoms with E-state index in [0.29, 0.717) is 6.42 Å². The largest absolute Gasteiger partial charge is 0.481 e. The van der Waals surface area contributed by atoms with Crippen LogP contribution in [0.5, 0.6) is 0 Å². The molecular weight excluding hydrogens is 360 g/mol. The molecule has 0 heterocycles. The monoisotopic (exact) mass is 388 g/mol. The summed E-state index contributed by atoms with van der Waals surface area (Å²) in [7, 11) is 0. The molecule has 0 bridgehead atoms. The highest BCUT2D eigenvalue weighted by molar-refractivity contribution is 5.93. The summed E-state index contributed by atoms with van der Waals surface area (Å²) in [5.41, 5.74) is 5.20. The van der Waals surface area contributed by atoms with Gasteiger partial charge in [0.05, 0.1) is 6.54 Å². The zero-order chi connectivity index (χ0) is 21.1. The summed E-state index contributed by atoms with van der Waals surface area (Å²) in [6.45, 7) is 4.38. The Kier molecular flexibility index (Phi) is 10.7. The van der Waals surface area contributed by atoms with E-state index in [9.17, 15) is 24.0 Å². The lowest BCUT2D eigenvalue weighted by Gasteiger charge is -2.27. The van der Waals surface area contributed by atoms with Crippen LogP contribution in [0.15, 0.2) is 0 Å². The first-order chi connectivity index (χ1) is 12.5. The van der Waals surface area contributed by atoms with Crippen molar-refractivity contribution < 1.29 is 34.2 Å². The molecule has 3 amide bonds. The van der Waals surface area contributed by atoms with Gasteiger partial charge in [-0.2, -0.15) is 0 Å². The fraction of sp³-hybridized carbons (Fsp3) is 0.688. The number of aliphatic carboxylic acids is 2. The molecule has 11 nitrogen and oxygen atoms in total. The average molecular weight is 388 g/mol. The van der Waals surface area contributed by atoms with Crippen molar-refractivity contribution in [3.63, 3.8) is 0 Å². The Morgan fingerprint density at radius 2 is 1.56 bits per heavy atom. The Labute approximate surface area is 157 Å². The fourth-order valence-corrected chi connectivity index (χ4v) is 2.11. The van der Waals surface area contributed by atoms with Crippen LogP contribution in [0.1, 0.15) is 40.0 Å². The summed E-state index contributed by atoms with van der Waals surface area (Å²) in [6.07, 6.45) is -0.0543. The van der Waals surface area contributed by atoms with Crippen LogP contribution in [0.2, 0.25) is 0 Å². The third-order valence-electron chi connectivity index (χ3n) is 4.01. The normalized spacial score (nSPS) is 15.0. The maximum absolute atomic E-state index is 12.5. The Morgan fingerprint density at radius 3 is 2.00 bits per heavy atom. The molecule has 154 valence electrons. The van der Waals surface area contributed by atoms with Gasteiger partial charge in [0.25, 0.3) is 0 Å². The average Bonchev–Trinajstić information content (AvgIpc) is 2.61. The van der Waals surface area contributed by atoms with Gasteiger partial charge in [0.2, 0.25) is 17.7 Å². The van der Waals surface area contributed by atoms with Gasteiger partial charge in [-0.15, -0.1) is 0 Å². The van der Waals surface area contributed by atoms with E-state index >= 15 is 0 Å². The summed E-state index contributed by atoms with van der Waals surface area (Å²) >= 11 is 0. The Bertz CT molecular complexity index is 567. The second-order valence-corrected chi connectivity index (χ2v) is 6.20. The lowest BCUT2D eigenvalue weighted by Crippen LogP contribution is -2.57. The number of hydrogen-bond donors (Lipinski definition) is 6. The molecule has 0 fully saturated rings. The van der Waals surface area contributed by atoms with Crippen LogP contribution in [0.25, 0.3) is 0 Å². The first-order valence-electron chi connectivity index (χ1n) is 8.58. The molecule has 0 radical (unpaired) electrons. The molecule has 0 aliphatic rings. The number of amides is 3. The Balaban J connectivity index is 5.28. The van der Waals surface area contributed by atoms with Crippen molar-refractivity contribution in [3.05, 3.63) is 0 Å². The maximum atomic E-state index is 12.5. The SMILES string of the molecule is CCC(C)C(NC(=O)C(CCC(=O)O)NC(=O)CN)C(=O)NC(C)C(=O)O. The van der Waals surface area contributed by atoms with Crippen molar-refractivity contribution >= 4 is 29.7 Å². The van der Waals surface area contributed by atoms with E-state index in [1.807, 2.05) is 0 Å². The first kappa shape index (κ1) is 24.3. The number of rotatable bonds is 12. The minimum absolute atomic E-state index is 0.187. The van der Waals surface area contributed by atoms with Crippen molar-refractivity contribution in [3.8, 4) is 0 Å². The van der Waals surface area contributed by atoms with Gasteiger partial charge < -0.3 is 31.9 Å². The van der Waals surface area contributed by atoms with Crippen LogP contribution in [-0.4, -0.2) is 64.5 Å². The van der Waals surface area contributed by atoms with Crippen molar-refractivity contribution in [2.24, 2.45) is 11.7 Å². The van der Waals surface area contributed by atoms with Gasteiger partial charge in [-0.3, -0.25) is 24.0 Å². The van der Waals surface area contributed by atoms with Crippen LogP contribution < -0.4 is 21.7 Å². The highest BCUT2D eigenvalue weighted by Gasteiger charge is 2.31. The molecule has 0 aromatic carbocycles. The van der Waals surface area contributed by atoms with Crippen molar-refractivity contribution in [2.45, 2.75) is 58.2 Å². The lowest BCUT2D eigenvalue weighted by atomic mass is 9.97. The third-order valence-corrected chi connectivity index (χ3v) is 4.01. The smallest absolute Gasteiger partial charge is 0.325 e. The molecule has 0 aromatic rings. The zero-order valence-corrected chi connectivity index (χ0v) is 15.7. The number of carbonyl (C=O) groups excluding carboxylic acids is 3. The first-order valence-corrected chi connectivity index (χ1v) is 8.58. The number of nitrogens with one attached hydrogen (secondary N) is 3. The van der Waals surface area contributed by atoms with Crippen LogP contribution in [0, 0.1) is 5.92 Å². The number of hydrogen-bond acceptors (Lipinski definition) is 6. The van der Waals surface area contributed by atoms with Gasteiger partial charge >= 0.3 is 11.9 Å². The van der Waals surface area contributed by atoms with E-state index in [0.717, 1.165) is 0 Å². The number of carboxylic acids is 2. The lowest BCUT2D eigenvalue weighted by molar-refractivity contribution is -0.142. The number of carboxylic acid groups (broad SMARTS) is 2. The van der Waals surface area contributed by atoms with E-state index in [1.54, 1.807) is 13.8 Å². The van der Waals surface area contributed by atoms with Gasteiger partial charge in [0.15, 0.2) is 0 Å². The van der Waals surface area contributed by atoms with E-state index in [-0.39, 0.29) is 25.3 Å². The second-order valence-electron chi connectivity index (χ2n) is 6.20. The van der Waals surface area contributed by atoms with Crippen molar-refractivity contribution in [2.75, 3.05) is 6.54 Å². The standard InChI is InChI=1S/C16H28N4O7/c1-4-8(2)13(15(25)18-9(3)16(26)27)20-14(24)10(5-6-12(22)23)19-11(21)7-17/h8-10,13H,4-7,17H2,1-3H3,(H,18,25)(H,19,21)(H,20,24)(H,22,23)(H,26,27). The molecule has 4 unspecified atom stereocenters. The van der Waals surface area contributed by atoms with E-state index in [1.165, 1.54) is 6.92 Å². The van der Waals surface area contributed by atoms with Crippen LogP contribution in [-0.2, 0) is 24.0 Å². The molecular formula is C16H28N4O7. The summed E-state index contributed by atoms with van der Waals surface area (Å²) in [5, 5.41) is 24.8. The Hall–Kier alpha value is -2.69. The molecule has 0 aliphatic carbocycles. The van der Waals surface area contributed by atoms with Crippen LogP contribution in [0.3, 0.4) is 0 Å². The molecule has 0 aromatic heterocycles. The molecule has 27 heavy (non-hydrogen) atoms. The quantitative estimate of drug-likeness (QED) is 0.231. The molecule has 0 saturated carbocycles. The zero-order valence-electron chi connectivity index (χ0n) is 15.7. The fourth-order valence-electron chi connectivity index (χ4n) is 2.11.